The predicted octanol–water partition coefficient (Wildman–Crippen LogP) is 2.54. The average Bonchev–Trinajstić information content (AvgIpc) is 3.09. The Balaban J connectivity index is 0.000000283. The SMILES string of the molecule is C1CCNCC1.CCOCCOCCO.c1ccsc1. The lowest BCUT2D eigenvalue weighted by atomic mass is 10.2. The van der Waals surface area contributed by atoms with E-state index in [1.807, 2.05) is 29.8 Å². The van der Waals surface area contributed by atoms with Gasteiger partial charge >= 0.3 is 0 Å². The highest BCUT2D eigenvalue weighted by molar-refractivity contribution is 7.07. The first kappa shape index (κ1) is 19.5. The van der Waals surface area contributed by atoms with Gasteiger partial charge in [-0.25, -0.2) is 0 Å². The zero-order valence-electron chi connectivity index (χ0n) is 12.6. The van der Waals surface area contributed by atoms with Crippen molar-refractivity contribution in [1.29, 1.82) is 0 Å². The number of piperidine rings is 1. The lowest BCUT2D eigenvalue weighted by Gasteiger charge is -2.08. The summed E-state index contributed by atoms with van der Waals surface area (Å²) in [7, 11) is 0. The standard InChI is InChI=1S/C6H14O3.C5H11N.C4H4S/c1-2-8-5-6-9-4-3-7;1-2-4-6-5-3-1;1-2-4-5-3-1/h7H,2-6H2,1H3;6H,1-5H2;1-4H. The molecule has 1 saturated heterocycles. The van der Waals surface area contributed by atoms with Crippen LogP contribution in [0.2, 0.25) is 0 Å². The van der Waals surface area contributed by atoms with Gasteiger partial charge in [0, 0.05) is 6.61 Å². The van der Waals surface area contributed by atoms with Crippen molar-refractivity contribution >= 4 is 11.3 Å². The number of hydrogen-bond acceptors (Lipinski definition) is 5. The Kier molecular flexibility index (Phi) is 18.1. The summed E-state index contributed by atoms with van der Waals surface area (Å²) in [5.74, 6) is 0. The molecular weight excluding hydrogens is 274 g/mol. The molecule has 1 aliphatic heterocycles. The highest BCUT2D eigenvalue weighted by Gasteiger charge is 1.93. The van der Waals surface area contributed by atoms with Crippen LogP contribution >= 0.6 is 11.3 Å². The van der Waals surface area contributed by atoms with Crippen molar-refractivity contribution in [2.24, 2.45) is 0 Å². The first-order valence-corrected chi connectivity index (χ1v) is 8.30. The molecule has 118 valence electrons. The molecule has 1 aliphatic rings. The fourth-order valence-electron chi connectivity index (χ4n) is 1.46. The smallest absolute Gasteiger partial charge is 0.0701 e. The fourth-order valence-corrected chi connectivity index (χ4v) is 1.91. The summed E-state index contributed by atoms with van der Waals surface area (Å²) in [4.78, 5) is 0. The van der Waals surface area contributed by atoms with Gasteiger partial charge in [0.05, 0.1) is 26.4 Å². The number of thiophene rings is 1. The number of aliphatic hydroxyl groups is 1. The molecule has 5 heteroatoms. The normalized spacial score (nSPS) is 13.7. The van der Waals surface area contributed by atoms with E-state index in [-0.39, 0.29) is 6.61 Å². The van der Waals surface area contributed by atoms with Gasteiger partial charge in [0.2, 0.25) is 0 Å². The molecule has 0 spiro atoms. The highest BCUT2D eigenvalue weighted by Crippen LogP contribution is 1.96. The van der Waals surface area contributed by atoms with Gasteiger partial charge in [0.15, 0.2) is 0 Å². The van der Waals surface area contributed by atoms with Gasteiger partial charge in [-0.15, -0.1) is 0 Å². The second kappa shape index (κ2) is 18.5. The Morgan fingerprint density at radius 3 is 2.00 bits per heavy atom. The first-order chi connectivity index (χ1) is 9.91. The van der Waals surface area contributed by atoms with E-state index in [1.54, 1.807) is 11.3 Å². The second-order valence-electron chi connectivity index (χ2n) is 4.14. The van der Waals surface area contributed by atoms with E-state index < -0.39 is 0 Å². The molecule has 0 bridgehead atoms. The average molecular weight is 303 g/mol. The van der Waals surface area contributed by atoms with Crippen molar-refractivity contribution in [3.63, 3.8) is 0 Å². The lowest BCUT2D eigenvalue weighted by Crippen LogP contribution is -2.21. The van der Waals surface area contributed by atoms with Crippen LogP contribution in [0.1, 0.15) is 26.2 Å². The monoisotopic (exact) mass is 303 g/mol. The van der Waals surface area contributed by atoms with Gasteiger partial charge < -0.3 is 19.9 Å². The Morgan fingerprint density at radius 2 is 1.65 bits per heavy atom. The van der Waals surface area contributed by atoms with Gasteiger partial charge in [-0.05, 0) is 43.6 Å². The Bertz CT molecular complexity index is 207. The van der Waals surface area contributed by atoms with Crippen LogP contribution < -0.4 is 5.32 Å². The van der Waals surface area contributed by atoms with Gasteiger partial charge in [-0.2, -0.15) is 11.3 Å². The molecule has 0 radical (unpaired) electrons. The molecule has 0 amide bonds. The van der Waals surface area contributed by atoms with Crippen LogP contribution in [0.4, 0.5) is 0 Å². The maximum absolute atomic E-state index is 8.26. The second-order valence-corrected chi connectivity index (χ2v) is 4.95. The minimum absolute atomic E-state index is 0.0894. The van der Waals surface area contributed by atoms with E-state index >= 15 is 0 Å². The molecule has 0 aliphatic carbocycles. The van der Waals surface area contributed by atoms with E-state index in [1.165, 1.54) is 32.4 Å². The van der Waals surface area contributed by atoms with Crippen LogP contribution in [0.3, 0.4) is 0 Å². The summed E-state index contributed by atoms with van der Waals surface area (Å²) in [6.07, 6.45) is 4.22. The minimum atomic E-state index is 0.0894. The number of nitrogens with one attached hydrogen (secondary N) is 1. The molecule has 1 fully saturated rings. The topological polar surface area (TPSA) is 50.7 Å². The quantitative estimate of drug-likeness (QED) is 0.793. The molecule has 1 aromatic heterocycles. The lowest BCUT2D eigenvalue weighted by molar-refractivity contribution is 0.0370. The van der Waals surface area contributed by atoms with Crippen molar-refractivity contribution in [2.75, 3.05) is 46.1 Å². The zero-order chi connectivity index (χ0) is 14.7. The minimum Gasteiger partial charge on any atom is -0.394 e. The van der Waals surface area contributed by atoms with Crippen molar-refractivity contribution in [1.82, 2.24) is 5.32 Å². The van der Waals surface area contributed by atoms with E-state index in [2.05, 4.69) is 5.32 Å². The first-order valence-electron chi connectivity index (χ1n) is 7.36. The zero-order valence-corrected chi connectivity index (χ0v) is 13.4. The van der Waals surface area contributed by atoms with Crippen LogP contribution in [-0.2, 0) is 9.47 Å². The molecule has 4 nitrogen and oxygen atoms in total. The number of aliphatic hydroxyl groups excluding tert-OH is 1. The summed E-state index contributed by atoms with van der Waals surface area (Å²) < 4.78 is 9.88. The number of rotatable bonds is 6. The fraction of sp³-hybridized carbons (Fsp3) is 0.733. The van der Waals surface area contributed by atoms with Crippen LogP contribution in [0, 0.1) is 0 Å². The van der Waals surface area contributed by atoms with E-state index in [0.717, 1.165) is 6.61 Å². The molecule has 0 atom stereocenters. The van der Waals surface area contributed by atoms with E-state index in [4.69, 9.17) is 14.6 Å². The summed E-state index contributed by atoms with van der Waals surface area (Å²) in [6.45, 7) is 6.86. The largest absolute Gasteiger partial charge is 0.394 e. The third-order valence-corrected chi connectivity index (χ3v) is 3.07. The van der Waals surface area contributed by atoms with E-state index in [0.29, 0.717) is 19.8 Å². The van der Waals surface area contributed by atoms with Crippen molar-refractivity contribution in [2.45, 2.75) is 26.2 Å². The third kappa shape index (κ3) is 17.5. The molecule has 2 N–H and O–H groups in total. The Labute approximate surface area is 127 Å². The summed E-state index contributed by atoms with van der Waals surface area (Å²) in [6, 6.07) is 4.04. The molecule has 2 rings (SSSR count). The van der Waals surface area contributed by atoms with Gasteiger partial charge in [-0.3, -0.25) is 0 Å². The molecule has 2 heterocycles. The van der Waals surface area contributed by atoms with Crippen LogP contribution in [-0.4, -0.2) is 51.2 Å². The Hall–Kier alpha value is -0.460. The molecule has 0 saturated carbocycles. The summed E-state index contributed by atoms with van der Waals surface area (Å²) in [5.41, 5.74) is 0. The van der Waals surface area contributed by atoms with Crippen LogP contribution in [0.5, 0.6) is 0 Å². The highest BCUT2D eigenvalue weighted by atomic mass is 32.1. The van der Waals surface area contributed by atoms with Gasteiger partial charge in [0.25, 0.3) is 0 Å². The molecule has 20 heavy (non-hydrogen) atoms. The van der Waals surface area contributed by atoms with E-state index in [9.17, 15) is 0 Å². The van der Waals surface area contributed by atoms with Crippen LogP contribution in [0.15, 0.2) is 22.9 Å². The molecule has 1 aromatic rings. The van der Waals surface area contributed by atoms with Gasteiger partial charge in [-0.1, -0.05) is 18.6 Å². The molecule has 0 aromatic carbocycles. The van der Waals surface area contributed by atoms with Crippen molar-refractivity contribution < 1.29 is 14.6 Å². The van der Waals surface area contributed by atoms with Crippen LogP contribution in [0.25, 0.3) is 0 Å². The molecular formula is C15H29NO3S. The summed E-state index contributed by atoms with van der Waals surface area (Å²) >= 11 is 1.71. The van der Waals surface area contributed by atoms with Crippen molar-refractivity contribution in [3.05, 3.63) is 22.9 Å². The maximum atomic E-state index is 8.26. The summed E-state index contributed by atoms with van der Waals surface area (Å²) in [5, 5.41) is 15.6. The third-order valence-electron chi connectivity index (χ3n) is 2.44. The maximum Gasteiger partial charge on any atom is 0.0701 e. The van der Waals surface area contributed by atoms with Crippen molar-refractivity contribution in [3.8, 4) is 0 Å². The Morgan fingerprint density at radius 1 is 1.00 bits per heavy atom. The number of ether oxygens (including phenoxy) is 2. The van der Waals surface area contributed by atoms with Gasteiger partial charge in [0.1, 0.15) is 0 Å². The number of hydrogen-bond donors (Lipinski definition) is 2. The molecule has 0 unspecified atom stereocenters. The predicted molar refractivity (Wildman–Crippen MR) is 85.4 cm³/mol.